The lowest BCUT2D eigenvalue weighted by molar-refractivity contribution is 0.0955. The number of aromatic nitrogens is 2. The van der Waals surface area contributed by atoms with E-state index in [1.54, 1.807) is 18.2 Å². The van der Waals surface area contributed by atoms with Crippen LogP contribution in [0.3, 0.4) is 0 Å². The van der Waals surface area contributed by atoms with E-state index >= 15 is 0 Å². The lowest BCUT2D eigenvalue weighted by atomic mass is 10.1. The molecule has 0 atom stereocenters. The molecular weight excluding hydrogens is 458 g/mol. The van der Waals surface area contributed by atoms with Crippen LogP contribution in [-0.4, -0.2) is 38.1 Å². The van der Waals surface area contributed by atoms with Crippen molar-refractivity contribution in [1.29, 1.82) is 0 Å². The highest BCUT2D eigenvalue weighted by Gasteiger charge is 2.18. The van der Waals surface area contributed by atoms with Crippen molar-refractivity contribution in [2.24, 2.45) is 0 Å². The number of hydrogen-bond donors (Lipinski definition) is 1. The number of methoxy groups -OCH3 is 2. The summed E-state index contributed by atoms with van der Waals surface area (Å²) in [6.45, 7) is 1.86. The summed E-state index contributed by atoms with van der Waals surface area (Å²) >= 11 is 0. The molecule has 0 unspecified atom stereocenters. The fourth-order valence-electron chi connectivity index (χ4n) is 3.37. The summed E-state index contributed by atoms with van der Waals surface area (Å²) in [7, 11) is -0.954. The van der Waals surface area contributed by atoms with E-state index in [4.69, 9.17) is 9.47 Å². The molecule has 4 rings (SSSR count). The van der Waals surface area contributed by atoms with Gasteiger partial charge in [-0.1, -0.05) is 17.7 Å². The predicted molar refractivity (Wildman–Crippen MR) is 127 cm³/mol. The summed E-state index contributed by atoms with van der Waals surface area (Å²) in [4.78, 5) is 30.4. The van der Waals surface area contributed by atoms with Crippen molar-refractivity contribution in [2.45, 2.75) is 11.8 Å². The Hall–Kier alpha value is -4.18. The summed E-state index contributed by atoms with van der Waals surface area (Å²) in [6, 6.07) is 15.3. The number of sulfonamides is 1. The van der Waals surface area contributed by atoms with Crippen LogP contribution in [0, 0.1) is 6.92 Å². The Balaban J connectivity index is 1.72. The molecule has 1 aromatic heterocycles. The third-order valence-corrected chi connectivity index (χ3v) is 6.59. The number of nitrogens with one attached hydrogen (secondary N) is 1. The molecule has 0 saturated heterocycles. The van der Waals surface area contributed by atoms with Crippen LogP contribution in [0.1, 0.15) is 15.9 Å². The van der Waals surface area contributed by atoms with Gasteiger partial charge < -0.3 is 9.47 Å². The number of aryl methyl sites for hydroxylation is 1. The van der Waals surface area contributed by atoms with Crippen molar-refractivity contribution in [3.63, 3.8) is 0 Å². The average Bonchev–Trinajstić information content (AvgIpc) is 2.83. The number of ether oxygens (including phenoxy) is 2. The van der Waals surface area contributed by atoms with Gasteiger partial charge in [-0.15, -0.1) is 0 Å². The molecule has 0 spiro atoms. The number of rotatable bonds is 6. The molecule has 0 radical (unpaired) electrons. The minimum Gasteiger partial charge on any atom is -0.493 e. The maximum Gasteiger partial charge on any atom is 0.268 e. The van der Waals surface area contributed by atoms with Crippen LogP contribution in [0.15, 0.2) is 76.7 Å². The largest absolute Gasteiger partial charge is 0.493 e. The summed E-state index contributed by atoms with van der Waals surface area (Å²) in [5.41, 5.74) is 0.969. The second-order valence-corrected chi connectivity index (χ2v) is 9.13. The molecule has 0 aliphatic heterocycles. The van der Waals surface area contributed by atoms with E-state index in [0.717, 1.165) is 16.5 Å². The molecule has 3 aromatic carbocycles. The van der Waals surface area contributed by atoms with E-state index in [2.05, 4.69) is 9.71 Å². The molecular formula is C24H21N3O6S. The molecule has 0 fully saturated rings. The summed E-state index contributed by atoms with van der Waals surface area (Å²) < 4.78 is 39.2. The predicted octanol–water partition coefficient (Wildman–Crippen LogP) is 3.21. The Morgan fingerprint density at radius 1 is 0.941 bits per heavy atom. The second kappa shape index (κ2) is 8.99. The number of nitrogens with zero attached hydrogens (tertiary/aromatic N) is 2. The van der Waals surface area contributed by atoms with Crippen molar-refractivity contribution < 1.29 is 22.7 Å². The maximum absolute atomic E-state index is 13.1. The molecule has 10 heteroatoms. The van der Waals surface area contributed by atoms with E-state index in [-0.39, 0.29) is 21.5 Å². The maximum atomic E-state index is 13.1. The molecule has 0 saturated carbocycles. The Morgan fingerprint density at radius 2 is 1.65 bits per heavy atom. The third-order valence-electron chi connectivity index (χ3n) is 5.19. The van der Waals surface area contributed by atoms with Crippen LogP contribution < -0.4 is 19.8 Å². The zero-order valence-electron chi connectivity index (χ0n) is 18.6. The van der Waals surface area contributed by atoms with Gasteiger partial charge in [0, 0.05) is 11.3 Å². The second-order valence-electron chi connectivity index (χ2n) is 7.45. The van der Waals surface area contributed by atoms with Crippen LogP contribution in [0.4, 0.5) is 5.69 Å². The molecule has 174 valence electrons. The first kappa shape index (κ1) is 23.0. The van der Waals surface area contributed by atoms with Crippen molar-refractivity contribution in [1.82, 2.24) is 9.55 Å². The fourth-order valence-corrected chi connectivity index (χ4v) is 4.42. The zero-order chi connectivity index (χ0) is 24.5. The monoisotopic (exact) mass is 479 g/mol. The van der Waals surface area contributed by atoms with Gasteiger partial charge in [-0.05, 0) is 55.5 Å². The Bertz CT molecular complexity index is 1560. The van der Waals surface area contributed by atoms with Crippen molar-refractivity contribution in [3.05, 3.63) is 88.5 Å². The first-order chi connectivity index (χ1) is 16.2. The van der Waals surface area contributed by atoms with Gasteiger partial charge in [0.25, 0.3) is 21.5 Å². The molecule has 1 heterocycles. The zero-order valence-corrected chi connectivity index (χ0v) is 19.4. The molecule has 0 aliphatic carbocycles. The summed E-state index contributed by atoms with van der Waals surface area (Å²) in [5.74, 6) is 0.155. The SMILES string of the molecule is COc1ccc(C(=O)n2cnc3ccc(NS(=O)(=O)c4ccc(C)cc4)cc3c2=O)cc1OC. The van der Waals surface area contributed by atoms with Crippen LogP contribution in [0.2, 0.25) is 0 Å². The number of hydrogen-bond acceptors (Lipinski definition) is 7. The van der Waals surface area contributed by atoms with Crippen LogP contribution in [0.25, 0.3) is 10.9 Å². The lowest BCUT2D eigenvalue weighted by Gasteiger charge is -2.11. The number of carbonyl (C=O) groups excluding carboxylic acids is 1. The number of carbonyl (C=O) groups is 1. The first-order valence-electron chi connectivity index (χ1n) is 10.1. The van der Waals surface area contributed by atoms with Gasteiger partial charge in [0.2, 0.25) is 0 Å². The van der Waals surface area contributed by atoms with Crippen molar-refractivity contribution in [3.8, 4) is 11.5 Å². The quantitative estimate of drug-likeness (QED) is 0.451. The molecule has 1 N–H and O–H groups in total. The molecule has 4 aromatic rings. The first-order valence-corrected chi connectivity index (χ1v) is 11.6. The molecule has 9 nitrogen and oxygen atoms in total. The summed E-state index contributed by atoms with van der Waals surface area (Å²) in [5, 5.41) is 0.0837. The van der Waals surface area contributed by atoms with E-state index in [9.17, 15) is 18.0 Å². The highest BCUT2D eigenvalue weighted by Crippen LogP contribution is 2.28. The Kier molecular flexibility index (Phi) is 6.08. The minimum absolute atomic E-state index is 0.0837. The third kappa shape index (κ3) is 4.35. The fraction of sp³-hybridized carbons (Fsp3) is 0.125. The van der Waals surface area contributed by atoms with Gasteiger partial charge >= 0.3 is 0 Å². The van der Waals surface area contributed by atoms with Gasteiger partial charge in [-0.3, -0.25) is 14.3 Å². The molecule has 0 bridgehead atoms. The van der Waals surface area contributed by atoms with E-state index in [1.165, 1.54) is 56.7 Å². The minimum atomic E-state index is -3.87. The van der Waals surface area contributed by atoms with E-state index < -0.39 is 21.5 Å². The van der Waals surface area contributed by atoms with E-state index in [1.807, 2.05) is 6.92 Å². The smallest absolute Gasteiger partial charge is 0.268 e. The lowest BCUT2D eigenvalue weighted by Crippen LogP contribution is -2.27. The van der Waals surface area contributed by atoms with Gasteiger partial charge in [0.15, 0.2) is 11.5 Å². The number of benzene rings is 3. The van der Waals surface area contributed by atoms with Gasteiger partial charge in [-0.25, -0.2) is 18.0 Å². The normalized spacial score (nSPS) is 11.3. The molecule has 34 heavy (non-hydrogen) atoms. The van der Waals surface area contributed by atoms with Crippen LogP contribution in [0.5, 0.6) is 11.5 Å². The molecule has 0 aliphatic rings. The Labute approximate surface area is 195 Å². The average molecular weight is 480 g/mol. The highest BCUT2D eigenvalue weighted by atomic mass is 32.2. The van der Waals surface area contributed by atoms with Gasteiger partial charge in [0.05, 0.1) is 30.0 Å². The van der Waals surface area contributed by atoms with Gasteiger partial charge in [0.1, 0.15) is 6.33 Å². The molecule has 0 amide bonds. The van der Waals surface area contributed by atoms with Crippen molar-refractivity contribution in [2.75, 3.05) is 18.9 Å². The standard InChI is InChI=1S/C24H21N3O6S/c1-15-4-8-18(9-5-15)34(30,31)26-17-7-10-20-19(13-17)24(29)27(14-25-20)23(28)16-6-11-21(32-2)22(12-16)33-3/h4-14,26H,1-3H3. The Morgan fingerprint density at radius 3 is 2.32 bits per heavy atom. The van der Waals surface area contributed by atoms with Crippen LogP contribution in [-0.2, 0) is 10.0 Å². The van der Waals surface area contributed by atoms with E-state index in [0.29, 0.717) is 17.0 Å². The number of anilines is 1. The van der Waals surface area contributed by atoms with Gasteiger partial charge in [-0.2, -0.15) is 0 Å². The van der Waals surface area contributed by atoms with Crippen LogP contribution >= 0.6 is 0 Å². The highest BCUT2D eigenvalue weighted by molar-refractivity contribution is 7.92. The van der Waals surface area contributed by atoms with Crippen molar-refractivity contribution >= 4 is 32.5 Å². The topological polar surface area (TPSA) is 117 Å². The summed E-state index contributed by atoms with van der Waals surface area (Å²) in [6.07, 6.45) is 1.14. The number of fused-ring (bicyclic) bond motifs is 1.